The van der Waals surface area contributed by atoms with E-state index in [1.165, 1.54) is 33.0 Å². The molecule has 0 aliphatic carbocycles. The topological polar surface area (TPSA) is 51.1 Å². The number of ether oxygens (including phenoxy) is 1. The quantitative estimate of drug-likeness (QED) is 0.818. The second kappa shape index (κ2) is 8.16. The summed E-state index contributed by atoms with van der Waals surface area (Å²) >= 11 is 0. The third-order valence-corrected chi connectivity index (χ3v) is 6.50. The molecule has 1 aliphatic heterocycles. The monoisotopic (exact) mass is 379 g/mol. The van der Waals surface area contributed by atoms with Crippen LogP contribution in [-0.2, 0) is 10.0 Å². The molecule has 1 saturated heterocycles. The first kappa shape index (κ1) is 18.8. The fourth-order valence-electron chi connectivity index (χ4n) is 3.02. The van der Waals surface area contributed by atoms with Gasteiger partial charge in [0.2, 0.25) is 10.0 Å². The van der Waals surface area contributed by atoms with Crippen LogP contribution in [0.3, 0.4) is 0 Å². The van der Waals surface area contributed by atoms with Gasteiger partial charge in [0, 0.05) is 0 Å². The van der Waals surface area contributed by atoms with Gasteiger partial charge in [0.1, 0.15) is 24.7 Å². The van der Waals surface area contributed by atoms with Crippen LogP contribution in [0.15, 0.2) is 53.4 Å². The van der Waals surface area contributed by atoms with Crippen molar-refractivity contribution in [2.45, 2.75) is 11.8 Å². The van der Waals surface area contributed by atoms with E-state index < -0.39 is 15.8 Å². The average molecular weight is 379 g/mol. The number of piperazine rings is 1. The molecule has 1 N–H and O–H groups in total. The Morgan fingerprint density at radius 1 is 1.12 bits per heavy atom. The SMILES string of the molecule is Cc1ccc(OCC[NH+]2CCN(S(=O)(=O)c3cccc(F)c3)CC2)cc1. The van der Waals surface area contributed by atoms with Crippen LogP contribution in [0, 0.1) is 12.7 Å². The normalized spacial score (nSPS) is 16.5. The van der Waals surface area contributed by atoms with E-state index in [1.54, 1.807) is 0 Å². The molecular weight excluding hydrogens is 355 g/mol. The van der Waals surface area contributed by atoms with Crippen LogP contribution in [0.2, 0.25) is 0 Å². The highest BCUT2D eigenvalue weighted by atomic mass is 32.2. The lowest BCUT2D eigenvalue weighted by molar-refractivity contribution is -0.903. The van der Waals surface area contributed by atoms with Gasteiger partial charge < -0.3 is 9.64 Å². The smallest absolute Gasteiger partial charge is 0.243 e. The van der Waals surface area contributed by atoms with Gasteiger partial charge in [-0.25, -0.2) is 12.8 Å². The molecule has 1 heterocycles. The average Bonchev–Trinajstić information content (AvgIpc) is 2.64. The largest absolute Gasteiger partial charge is 0.488 e. The zero-order valence-corrected chi connectivity index (χ0v) is 15.6. The first-order valence-electron chi connectivity index (χ1n) is 8.74. The minimum absolute atomic E-state index is 0.0173. The van der Waals surface area contributed by atoms with Crippen molar-refractivity contribution < 1.29 is 22.4 Å². The molecule has 0 radical (unpaired) electrons. The molecule has 26 heavy (non-hydrogen) atoms. The van der Waals surface area contributed by atoms with Gasteiger partial charge in [-0.05, 0) is 37.3 Å². The number of aryl methyl sites for hydroxylation is 1. The standard InChI is InChI=1S/C19H23FN2O3S/c1-16-5-7-18(8-6-16)25-14-13-21-9-11-22(12-10-21)26(23,24)19-4-2-3-17(20)15-19/h2-8,15H,9-14H2,1H3/p+1. The number of hydrogen-bond acceptors (Lipinski definition) is 3. The van der Waals surface area contributed by atoms with Crippen molar-refractivity contribution >= 4 is 10.0 Å². The van der Waals surface area contributed by atoms with E-state index >= 15 is 0 Å². The van der Waals surface area contributed by atoms with E-state index in [0.717, 1.165) is 18.4 Å². The van der Waals surface area contributed by atoms with Gasteiger partial charge in [-0.3, -0.25) is 0 Å². The summed E-state index contributed by atoms with van der Waals surface area (Å²) in [6, 6.07) is 13.1. The zero-order chi connectivity index (χ0) is 18.6. The number of nitrogens with one attached hydrogen (secondary N) is 1. The van der Waals surface area contributed by atoms with Crippen molar-refractivity contribution in [3.8, 4) is 5.75 Å². The van der Waals surface area contributed by atoms with Crippen LogP contribution in [0.25, 0.3) is 0 Å². The van der Waals surface area contributed by atoms with Gasteiger partial charge in [0.25, 0.3) is 0 Å². The molecule has 140 valence electrons. The van der Waals surface area contributed by atoms with E-state index in [4.69, 9.17) is 4.74 Å². The third kappa shape index (κ3) is 4.60. The molecule has 0 saturated carbocycles. The molecule has 0 unspecified atom stereocenters. The van der Waals surface area contributed by atoms with E-state index in [9.17, 15) is 12.8 Å². The van der Waals surface area contributed by atoms with E-state index in [-0.39, 0.29) is 4.90 Å². The van der Waals surface area contributed by atoms with E-state index in [0.29, 0.717) is 32.8 Å². The Labute approximate surface area is 154 Å². The Kier molecular flexibility index (Phi) is 5.90. The van der Waals surface area contributed by atoms with Gasteiger partial charge in [0.05, 0.1) is 31.1 Å². The molecule has 0 atom stereocenters. The van der Waals surface area contributed by atoms with Gasteiger partial charge in [-0.15, -0.1) is 0 Å². The maximum atomic E-state index is 13.3. The number of sulfonamides is 1. The number of halogens is 1. The number of benzene rings is 2. The molecule has 2 aromatic rings. The molecule has 0 amide bonds. The molecule has 1 fully saturated rings. The predicted octanol–water partition coefficient (Wildman–Crippen LogP) is 1.10. The molecule has 0 aromatic heterocycles. The zero-order valence-electron chi connectivity index (χ0n) is 14.8. The van der Waals surface area contributed by atoms with Crippen molar-refractivity contribution in [2.75, 3.05) is 39.3 Å². The molecule has 7 heteroatoms. The summed E-state index contributed by atoms with van der Waals surface area (Å²) in [4.78, 5) is 1.33. The number of rotatable bonds is 6. The van der Waals surface area contributed by atoms with Crippen LogP contribution in [0.5, 0.6) is 5.75 Å². The Morgan fingerprint density at radius 3 is 2.46 bits per heavy atom. The fourth-order valence-corrected chi connectivity index (χ4v) is 4.49. The highest BCUT2D eigenvalue weighted by Gasteiger charge is 2.30. The lowest BCUT2D eigenvalue weighted by Crippen LogP contribution is -3.15. The highest BCUT2D eigenvalue weighted by molar-refractivity contribution is 7.89. The van der Waals surface area contributed by atoms with Crippen molar-refractivity contribution in [1.82, 2.24) is 4.31 Å². The summed E-state index contributed by atoms with van der Waals surface area (Å²) < 4.78 is 45.7. The molecule has 3 rings (SSSR count). The van der Waals surface area contributed by atoms with Gasteiger partial charge in [0.15, 0.2) is 0 Å². The maximum absolute atomic E-state index is 13.3. The third-order valence-electron chi connectivity index (χ3n) is 4.61. The number of nitrogens with zero attached hydrogens (tertiary/aromatic N) is 1. The van der Waals surface area contributed by atoms with E-state index in [2.05, 4.69) is 0 Å². The Morgan fingerprint density at radius 2 is 1.81 bits per heavy atom. The predicted molar refractivity (Wildman–Crippen MR) is 97.4 cm³/mol. The number of hydrogen-bond donors (Lipinski definition) is 1. The van der Waals surface area contributed by atoms with Crippen molar-refractivity contribution in [3.05, 3.63) is 59.9 Å². The summed E-state index contributed by atoms with van der Waals surface area (Å²) in [5, 5.41) is 0. The van der Waals surface area contributed by atoms with Gasteiger partial charge in [-0.2, -0.15) is 4.31 Å². The van der Waals surface area contributed by atoms with E-state index in [1.807, 2.05) is 31.2 Å². The van der Waals surface area contributed by atoms with Gasteiger partial charge >= 0.3 is 0 Å². The van der Waals surface area contributed by atoms with Crippen molar-refractivity contribution in [2.24, 2.45) is 0 Å². The lowest BCUT2D eigenvalue weighted by atomic mass is 10.2. The minimum Gasteiger partial charge on any atom is -0.488 e. The first-order valence-corrected chi connectivity index (χ1v) is 10.2. The van der Waals surface area contributed by atoms with Crippen LogP contribution >= 0.6 is 0 Å². The van der Waals surface area contributed by atoms with Crippen LogP contribution in [-0.4, -0.2) is 52.1 Å². The molecule has 1 aliphatic rings. The van der Waals surface area contributed by atoms with Crippen molar-refractivity contribution in [3.63, 3.8) is 0 Å². The number of quaternary nitrogens is 1. The van der Waals surface area contributed by atoms with Crippen LogP contribution in [0.1, 0.15) is 5.56 Å². The van der Waals surface area contributed by atoms with Crippen LogP contribution in [0.4, 0.5) is 4.39 Å². The van der Waals surface area contributed by atoms with Crippen molar-refractivity contribution in [1.29, 1.82) is 0 Å². The Bertz CT molecular complexity index is 832. The molecular formula is C19H24FN2O3S+. The summed E-state index contributed by atoms with van der Waals surface area (Å²) in [6.07, 6.45) is 0. The summed E-state index contributed by atoms with van der Waals surface area (Å²) in [5.74, 6) is 0.311. The fraction of sp³-hybridized carbons (Fsp3) is 0.368. The minimum atomic E-state index is -3.63. The first-order chi connectivity index (χ1) is 12.4. The maximum Gasteiger partial charge on any atom is 0.243 e. The summed E-state index contributed by atoms with van der Waals surface area (Å²) in [6.45, 7) is 5.73. The summed E-state index contributed by atoms with van der Waals surface area (Å²) in [7, 11) is -3.63. The van der Waals surface area contributed by atoms with Gasteiger partial charge in [-0.1, -0.05) is 23.8 Å². The molecule has 0 spiro atoms. The molecule has 2 aromatic carbocycles. The Balaban J connectivity index is 1.48. The second-order valence-corrected chi connectivity index (χ2v) is 8.46. The summed E-state index contributed by atoms with van der Waals surface area (Å²) in [5.41, 5.74) is 1.19. The molecule has 0 bridgehead atoms. The van der Waals surface area contributed by atoms with Crippen LogP contribution < -0.4 is 9.64 Å². The Hall–Kier alpha value is -1.96. The highest BCUT2D eigenvalue weighted by Crippen LogP contribution is 2.16. The lowest BCUT2D eigenvalue weighted by Gasteiger charge is -2.31. The second-order valence-electron chi connectivity index (χ2n) is 6.52. The molecule has 5 nitrogen and oxygen atoms in total.